The van der Waals surface area contributed by atoms with Crippen molar-refractivity contribution in [3.63, 3.8) is 0 Å². The van der Waals surface area contributed by atoms with Gasteiger partial charge in [0.15, 0.2) is 10.9 Å². The molecular weight excluding hydrogens is 480 g/mol. The molecule has 0 bridgehead atoms. The summed E-state index contributed by atoms with van der Waals surface area (Å²) in [7, 11) is 0. The number of hydrogen-bond acceptors (Lipinski definition) is 7. The van der Waals surface area contributed by atoms with Crippen LogP contribution in [0.5, 0.6) is 0 Å². The Morgan fingerprint density at radius 2 is 1.39 bits per heavy atom. The number of benzene rings is 2. The van der Waals surface area contributed by atoms with Crippen LogP contribution in [0.2, 0.25) is 0 Å². The van der Waals surface area contributed by atoms with Crippen LogP contribution in [-0.4, -0.2) is 38.6 Å². The maximum atomic E-state index is 13.2. The number of aliphatic hydroxyl groups excluding tert-OH is 1. The number of aryl methyl sites for hydroxylation is 3. The van der Waals surface area contributed by atoms with Crippen LogP contribution in [0.3, 0.4) is 0 Å². The maximum Gasteiger partial charge on any atom is 0.301 e. The quantitative estimate of drug-likeness (QED) is 0.221. The lowest BCUT2D eigenvalue weighted by atomic mass is 9.94. The molecule has 186 valence electrons. The third-order valence-corrected chi connectivity index (χ3v) is 6.73. The minimum Gasteiger partial charge on any atom is -0.507 e. The number of anilines is 1. The second-order valence-electron chi connectivity index (χ2n) is 8.43. The second-order valence-corrected chi connectivity index (χ2v) is 9.41. The molecule has 1 fully saturated rings. The first-order valence-corrected chi connectivity index (χ1v) is 11.9. The van der Waals surface area contributed by atoms with Crippen molar-refractivity contribution in [3.05, 3.63) is 86.9 Å². The van der Waals surface area contributed by atoms with E-state index in [0.717, 1.165) is 29.4 Å². The average Bonchev–Trinajstić information content (AvgIpc) is 3.31. The number of aliphatic carboxylic acids is 1. The molecule has 2 heterocycles. The Morgan fingerprint density at radius 1 is 0.889 bits per heavy atom. The topological polar surface area (TPSA) is 125 Å². The summed E-state index contributed by atoms with van der Waals surface area (Å²) in [5, 5.41) is 18.8. The van der Waals surface area contributed by atoms with Crippen LogP contribution in [0, 0.1) is 20.8 Å². The molecule has 8 nitrogen and oxygen atoms in total. The number of carboxylic acids is 1. The van der Waals surface area contributed by atoms with Crippen molar-refractivity contribution >= 4 is 45.7 Å². The first-order chi connectivity index (χ1) is 16.9. The van der Waals surface area contributed by atoms with E-state index in [2.05, 4.69) is 4.98 Å². The van der Waals surface area contributed by atoms with Gasteiger partial charge in [0.05, 0.1) is 22.2 Å². The number of amides is 1. The first kappa shape index (κ1) is 26.5. The monoisotopic (exact) mass is 506 g/mol. The van der Waals surface area contributed by atoms with Gasteiger partial charge >= 0.3 is 5.91 Å². The van der Waals surface area contributed by atoms with E-state index in [0.29, 0.717) is 21.7 Å². The number of carbonyl (C=O) groups is 4. The lowest BCUT2D eigenvalue weighted by Gasteiger charge is -2.23. The van der Waals surface area contributed by atoms with E-state index in [1.54, 1.807) is 19.1 Å². The normalized spacial score (nSPS) is 16.5. The highest BCUT2D eigenvalue weighted by Gasteiger charge is 2.48. The fourth-order valence-corrected chi connectivity index (χ4v) is 4.76. The molecule has 9 heteroatoms. The van der Waals surface area contributed by atoms with Crippen molar-refractivity contribution in [1.29, 1.82) is 0 Å². The van der Waals surface area contributed by atoms with Crippen LogP contribution in [0.4, 0.5) is 5.13 Å². The largest absolute Gasteiger partial charge is 0.507 e. The van der Waals surface area contributed by atoms with Gasteiger partial charge in [0.2, 0.25) is 0 Å². The molecule has 0 aliphatic carbocycles. The molecule has 0 radical (unpaired) electrons. The highest BCUT2D eigenvalue weighted by molar-refractivity contribution is 7.18. The number of Topliss-reactive ketones (excluding diaryl/α,β-unsaturated/α-hetero) is 2. The molecule has 1 aliphatic rings. The van der Waals surface area contributed by atoms with Crippen LogP contribution in [0.1, 0.15) is 57.5 Å². The van der Waals surface area contributed by atoms with Crippen molar-refractivity contribution in [2.45, 2.75) is 40.7 Å². The summed E-state index contributed by atoms with van der Waals surface area (Å²) in [5.74, 6) is -2.80. The first-order valence-electron chi connectivity index (χ1n) is 11.0. The molecule has 1 saturated heterocycles. The van der Waals surface area contributed by atoms with Gasteiger partial charge in [-0.2, -0.15) is 0 Å². The summed E-state index contributed by atoms with van der Waals surface area (Å²) in [5.41, 5.74) is 3.65. The van der Waals surface area contributed by atoms with Crippen molar-refractivity contribution in [2.24, 2.45) is 0 Å². The Balaban J connectivity index is 0.000000840. The van der Waals surface area contributed by atoms with E-state index >= 15 is 0 Å². The minimum absolute atomic E-state index is 0.0000609. The Labute approximate surface area is 212 Å². The van der Waals surface area contributed by atoms with E-state index in [-0.39, 0.29) is 22.2 Å². The Hall–Kier alpha value is -4.11. The molecule has 3 aromatic rings. The van der Waals surface area contributed by atoms with Crippen LogP contribution < -0.4 is 4.90 Å². The molecular formula is C27H26N2O6S. The standard InChI is InChI=1S/C25H22N2O4S.C2H4O2/c1-13-5-9-17(10-6-13)20-19(21(29)18-11-7-14(2)8-12-18)22(30)24(31)27(20)25-26-15(3)23(32-25)16(4)28;1-2(3)4/h5-12,20,29H,1-4H3;1H3,(H,3,4). The third kappa shape index (κ3) is 5.41. The van der Waals surface area contributed by atoms with Gasteiger partial charge < -0.3 is 10.2 Å². The number of aliphatic hydroxyl groups is 1. The van der Waals surface area contributed by atoms with E-state index in [1.807, 2.05) is 50.2 Å². The predicted octanol–water partition coefficient (Wildman–Crippen LogP) is 4.99. The Bertz CT molecular complexity index is 1370. The molecule has 36 heavy (non-hydrogen) atoms. The third-order valence-electron chi connectivity index (χ3n) is 5.47. The van der Waals surface area contributed by atoms with Crippen LogP contribution >= 0.6 is 11.3 Å². The van der Waals surface area contributed by atoms with E-state index < -0.39 is 23.7 Å². The Kier molecular flexibility index (Phi) is 7.84. The van der Waals surface area contributed by atoms with Crippen LogP contribution in [0.15, 0.2) is 54.1 Å². The number of rotatable bonds is 4. The molecule has 2 aromatic carbocycles. The summed E-state index contributed by atoms with van der Waals surface area (Å²) >= 11 is 1.07. The summed E-state index contributed by atoms with van der Waals surface area (Å²) in [6.07, 6.45) is 0. The molecule has 1 aliphatic heterocycles. The lowest BCUT2D eigenvalue weighted by molar-refractivity contribution is -0.134. The van der Waals surface area contributed by atoms with Crippen LogP contribution in [0.25, 0.3) is 5.76 Å². The predicted molar refractivity (Wildman–Crippen MR) is 137 cm³/mol. The molecule has 2 N–H and O–H groups in total. The highest BCUT2D eigenvalue weighted by atomic mass is 32.1. The zero-order chi connectivity index (χ0) is 26.7. The van der Waals surface area contributed by atoms with Crippen molar-refractivity contribution < 1.29 is 29.4 Å². The molecule has 1 amide bonds. The number of ketones is 2. The van der Waals surface area contributed by atoms with E-state index in [1.165, 1.54) is 11.8 Å². The molecule has 4 rings (SSSR count). The number of nitrogens with zero attached hydrogens (tertiary/aromatic N) is 2. The minimum atomic E-state index is -0.859. The van der Waals surface area contributed by atoms with Crippen molar-refractivity contribution in [2.75, 3.05) is 4.90 Å². The number of carbonyl (C=O) groups excluding carboxylic acids is 3. The zero-order valence-corrected chi connectivity index (χ0v) is 21.3. The SMILES string of the molecule is CC(=O)O.CC(=O)c1sc(N2C(=O)C(=O)C(=C(O)c3ccc(C)cc3)C2c2ccc(C)cc2)nc1C. The van der Waals surface area contributed by atoms with Crippen molar-refractivity contribution in [1.82, 2.24) is 4.98 Å². The van der Waals surface area contributed by atoms with E-state index in [9.17, 15) is 19.5 Å². The fourth-order valence-electron chi connectivity index (χ4n) is 3.77. The summed E-state index contributed by atoms with van der Waals surface area (Å²) in [6, 6.07) is 13.6. The Morgan fingerprint density at radius 3 is 1.86 bits per heavy atom. The molecule has 0 saturated carbocycles. The van der Waals surface area contributed by atoms with Crippen LogP contribution in [-0.2, 0) is 14.4 Å². The fraction of sp³-hybridized carbons (Fsp3) is 0.222. The van der Waals surface area contributed by atoms with Gasteiger partial charge in [-0.15, -0.1) is 0 Å². The molecule has 1 aromatic heterocycles. The van der Waals surface area contributed by atoms with Gasteiger partial charge in [0, 0.05) is 19.4 Å². The van der Waals surface area contributed by atoms with Gasteiger partial charge in [-0.3, -0.25) is 24.1 Å². The van der Waals surface area contributed by atoms with Gasteiger partial charge in [-0.05, 0) is 26.3 Å². The summed E-state index contributed by atoms with van der Waals surface area (Å²) in [4.78, 5) is 53.4. The average molecular weight is 507 g/mol. The maximum absolute atomic E-state index is 13.2. The van der Waals surface area contributed by atoms with Gasteiger partial charge in [0.1, 0.15) is 5.76 Å². The number of hydrogen-bond donors (Lipinski definition) is 2. The van der Waals surface area contributed by atoms with E-state index in [4.69, 9.17) is 9.90 Å². The smallest absolute Gasteiger partial charge is 0.301 e. The second kappa shape index (κ2) is 10.7. The summed E-state index contributed by atoms with van der Waals surface area (Å²) in [6.45, 7) is 8.08. The molecule has 0 spiro atoms. The molecule has 1 unspecified atom stereocenters. The number of carboxylic acid groups (broad SMARTS) is 1. The van der Waals surface area contributed by atoms with Gasteiger partial charge in [-0.1, -0.05) is 71.0 Å². The number of aromatic nitrogens is 1. The number of thiazole rings is 1. The zero-order valence-electron chi connectivity index (χ0n) is 20.5. The van der Waals surface area contributed by atoms with Gasteiger partial charge in [0.25, 0.3) is 11.8 Å². The van der Waals surface area contributed by atoms with Crippen molar-refractivity contribution in [3.8, 4) is 0 Å². The van der Waals surface area contributed by atoms with Gasteiger partial charge in [-0.25, -0.2) is 4.98 Å². The highest BCUT2D eigenvalue weighted by Crippen LogP contribution is 2.43. The lowest BCUT2D eigenvalue weighted by Crippen LogP contribution is -2.29. The summed E-state index contributed by atoms with van der Waals surface area (Å²) < 4.78 is 0. The molecule has 1 atom stereocenters.